The van der Waals surface area contributed by atoms with Crippen LogP contribution in [0, 0.1) is 0 Å². The van der Waals surface area contributed by atoms with E-state index in [2.05, 4.69) is 20.5 Å². The molecule has 1 saturated heterocycles. The molecule has 6 heteroatoms. The van der Waals surface area contributed by atoms with Gasteiger partial charge in [-0.1, -0.05) is 6.07 Å². The summed E-state index contributed by atoms with van der Waals surface area (Å²) >= 11 is 0. The molecule has 21 heavy (non-hydrogen) atoms. The fraction of sp³-hybridized carbons (Fsp3) is 0.533. The Balaban J connectivity index is 1.87. The van der Waals surface area contributed by atoms with Crippen LogP contribution < -0.4 is 15.5 Å². The Bertz CT molecular complexity index is 472. The summed E-state index contributed by atoms with van der Waals surface area (Å²) in [7, 11) is 0. The number of carbonyl (C=O) groups is 2. The SMILES string of the molecule is O=CNCCCNC(=O)c1cccc(N2CCCCC2)n1. The number of piperidine rings is 1. The molecule has 2 amide bonds. The Morgan fingerprint density at radius 1 is 1.24 bits per heavy atom. The molecule has 2 rings (SSSR count). The summed E-state index contributed by atoms with van der Waals surface area (Å²) in [6.07, 6.45) is 5.00. The van der Waals surface area contributed by atoms with E-state index in [1.165, 1.54) is 19.3 Å². The van der Waals surface area contributed by atoms with Gasteiger partial charge in [-0.05, 0) is 37.8 Å². The van der Waals surface area contributed by atoms with Gasteiger partial charge in [0.25, 0.3) is 5.91 Å². The number of anilines is 1. The van der Waals surface area contributed by atoms with Crippen LogP contribution >= 0.6 is 0 Å². The number of carbonyl (C=O) groups excluding carboxylic acids is 2. The summed E-state index contributed by atoms with van der Waals surface area (Å²) in [6.45, 7) is 3.10. The lowest BCUT2D eigenvalue weighted by Gasteiger charge is -2.27. The predicted octanol–water partition coefficient (Wildman–Crippen LogP) is 0.938. The van der Waals surface area contributed by atoms with Crippen molar-refractivity contribution in [3.05, 3.63) is 23.9 Å². The van der Waals surface area contributed by atoms with Crippen LogP contribution in [0.4, 0.5) is 5.82 Å². The normalized spacial score (nSPS) is 14.6. The zero-order valence-corrected chi connectivity index (χ0v) is 12.2. The average molecular weight is 290 g/mol. The largest absolute Gasteiger partial charge is 0.359 e. The highest BCUT2D eigenvalue weighted by molar-refractivity contribution is 5.92. The molecule has 6 nitrogen and oxygen atoms in total. The molecule has 0 radical (unpaired) electrons. The van der Waals surface area contributed by atoms with Gasteiger partial charge in [0.1, 0.15) is 11.5 Å². The number of amides is 2. The van der Waals surface area contributed by atoms with Crippen molar-refractivity contribution in [1.29, 1.82) is 0 Å². The third-order valence-electron chi connectivity index (χ3n) is 3.51. The lowest BCUT2D eigenvalue weighted by molar-refractivity contribution is -0.109. The number of pyridine rings is 1. The first-order valence-corrected chi connectivity index (χ1v) is 7.48. The smallest absolute Gasteiger partial charge is 0.269 e. The van der Waals surface area contributed by atoms with Crippen molar-refractivity contribution in [1.82, 2.24) is 15.6 Å². The van der Waals surface area contributed by atoms with Crippen molar-refractivity contribution < 1.29 is 9.59 Å². The van der Waals surface area contributed by atoms with E-state index in [1.807, 2.05) is 12.1 Å². The first-order chi connectivity index (χ1) is 10.3. The predicted molar refractivity (Wildman–Crippen MR) is 81.3 cm³/mol. The zero-order valence-electron chi connectivity index (χ0n) is 12.2. The molecule has 114 valence electrons. The molecule has 0 aromatic carbocycles. The molecule has 1 aliphatic rings. The highest BCUT2D eigenvalue weighted by Gasteiger charge is 2.14. The maximum Gasteiger partial charge on any atom is 0.269 e. The van der Waals surface area contributed by atoms with Crippen LogP contribution in [0.25, 0.3) is 0 Å². The standard InChI is InChI=1S/C15H22N4O2/c20-12-16-8-5-9-17-15(21)13-6-4-7-14(18-13)19-10-2-1-3-11-19/h4,6-7,12H,1-3,5,8-11H2,(H,16,20)(H,17,21). The van der Waals surface area contributed by atoms with Gasteiger partial charge in [-0.15, -0.1) is 0 Å². The van der Waals surface area contributed by atoms with E-state index in [0.717, 1.165) is 18.9 Å². The maximum absolute atomic E-state index is 12.0. The minimum Gasteiger partial charge on any atom is -0.359 e. The molecule has 0 spiro atoms. The van der Waals surface area contributed by atoms with Gasteiger partial charge >= 0.3 is 0 Å². The summed E-state index contributed by atoms with van der Waals surface area (Å²) in [5.41, 5.74) is 0.446. The first-order valence-electron chi connectivity index (χ1n) is 7.48. The topological polar surface area (TPSA) is 74.3 Å². The Hall–Kier alpha value is -2.11. The number of rotatable bonds is 7. The Labute approximate surface area is 124 Å². The molecule has 2 N–H and O–H groups in total. The van der Waals surface area contributed by atoms with Gasteiger partial charge in [-0.25, -0.2) is 4.98 Å². The van der Waals surface area contributed by atoms with Gasteiger partial charge in [0, 0.05) is 26.2 Å². The van der Waals surface area contributed by atoms with Crippen LogP contribution in [0.3, 0.4) is 0 Å². The summed E-state index contributed by atoms with van der Waals surface area (Å²) in [5.74, 6) is 0.713. The fourth-order valence-corrected chi connectivity index (χ4v) is 2.39. The van der Waals surface area contributed by atoms with Crippen LogP contribution in [0.15, 0.2) is 18.2 Å². The van der Waals surface area contributed by atoms with Gasteiger partial charge in [0.05, 0.1) is 0 Å². The monoisotopic (exact) mass is 290 g/mol. The molecular formula is C15H22N4O2. The van der Waals surface area contributed by atoms with Crippen LogP contribution in [0.5, 0.6) is 0 Å². The van der Waals surface area contributed by atoms with Crippen molar-refractivity contribution in [3.8, 4) is 0 Å². The molecule has 1 fully saturated rings. The van der Waals surface area contributed by atoms with E-state index in [0.29, 0.717) is 31.6 Å². The number of nitrogens with one attached hydrogen (secondary N) is 2. The second kappa shape index (κ2) is 8.24. The number of hydrogen-bond acceptors (Lipinski definition) is 4. The summed E-state index contributed by atoms with van der Waals surface area (Å²) in [5, 5.41) is 5.37. The summed E-state index contributed by atoms with van der Waals surface area (Å²) < 4.78 is 0. The second-order valence-corrected chi connectivity index (χ2v) is 5.11. The lowest BCUT2D eigenvalue weighted by Crippen LogP contribution is -2.31. The summed E-state index contributed by atoms with van der Waals surface area (Å²) in [6, 6.07) is 5.56. The molecule has 0 unspecified atom stereocenters. The molecule has 1 aliphatic heterocycles. The number of nitrogens with zero attached hydrogens (tertiary/aromatic N) is 2. The maximum atomic E-state index is 12.0. The lowest BCUT2D eigenvalue weighted by atomic mass is 10.1. The first kappa shape index (κ1) is 15.3. The van der Waals surface area contributed by atoms with Gasteiger partial charge < -0.3 is 15.5 Å². The van der Waals surface area contributed by atoms with Gasteiger partial charge in [0.15, 0.2) is 0 Å². The fourth-order valence-electron chi connectivity index (χ4n) is 2.39. The van der Waals surface area contributed by atoms with Crippen LogP contribution in [-0.4, -0.2) is 43.5 Å². The minimum atomic E-state index is -0.167. The Morgan fingerprint density at radius 2 is 2.05 bits per heavy atom. The highest BCUT2D eigenvalue weighted by Crippen LogP contribution is 2.17. The van der Waals surface area contributed by atoms with Crippen molar-refractivity contribution in [2.24, 2.45) is 0 Å². The number of aromatic nitrogens is 1. The number of hydrogen-bond donors (Lipinski definition) is 2. The Morgan fingerprint density at radius 3 is 2.81 bits per heavy atom. The van der Waals surface area contributed by atoms with E-state index >= 15 is 0 Å². The van der Waals surface area contributed by atoms with E-state index in [4.69, 9.17) is 0 Å². The van der Waals surface area contributed by atoms with E-state index in [1.54, 1.807) is 6.07 Å². The molecule has 1 aromatic heterocycles. The zero-order chi connectivity index (χ0) is 14.9. The molecule has 0 bridgehead atoms. The molecule has 2 heterocycles. The van der Waals surface area contributed by atoms with Gasteiger partial charge in [-0.2, -0.15) is 0 Å². The molecule has 0 aliphatic carbocycles. The van der Waals surface area contributed by atoms with E-state index < -0.39 is 0 Å². The third kappa shape index (κ3) is 4.73. The third-order valence-corrected chi connectivity index (χ3v) is 3.51. The van der Waals surface area contributed by atoms with Crippen LogP contribution in [0.2, 0.25) is 0 Å². The highest BCUT2D eigenvalue weighted by atomic mass is 16.2. The molecule has 1 aromatic rings. The van der Waals surface area contributed by atoms with Crippen LogP contribution in [0.1, 0.15) is 36.2 Å². The van der Waals surface area contributed by atoms with E-state index in [9.17, 15) is 9.59 Å². The van der Waals surface area contributed by atoms with Crippen molar-refractivity contribution in [2.75, 3.05) is 31.1 Å². The van der Waals surface area contributed by atoms with Crippen molar-refractivity contribution in [3.63, 3.8) is 0 Å². The minimum absolute atomic E-state index is 0.167. The van der Waals surface area contributed by atoms with Crippen LogP contribution in [-0.2, 0) is 4.79 Å². The second-order valence-electron chi connectivity index (χ2n) is 5.11. The quantitative estimate of drug-likeness (QED) is 0.579. The molecule has 0 saturated carbocycles. The van der Waals surface area contributed by atoms with E-state index in [-0.39, 0.29) is 5.91 Å². The van der Waals surface area contributed by atoms with Gasteiger partial charge in [-0.3, -0.25) is 9.59 Å². The molecular weight excluding hydrogens is 268 g/mol. The summed E-state index contributed by atoms with van der Waals surface area (Å²) in [4.78, 5) is 28.8. The van der Waals surface area contributed by atoms with Gasteiger partial charge in [0.2, 0.25) is 6.41 Å². The molecule has 0 atom stereocenters. The average Bonchev–Trinajstić information content (AvgIpc) is 2.55. The van der Waals surface area contributed by atoms with Crippen molar-refractivity contribution >= 4 is 18.1 Å². The Kier molecular flexibility index (Phi) is 5.99. The van der Waals surface area contributed by atoms with Crippen molar-refractivity contribution in [2.45, 2.75) is 25.7 Å².